The van der Waals surface area contributed by atoms with Gasteiger partial charge in [0.2, 0.25) is 0 Å². The number of halogens is 1. The third kappa shape index (κ3) is 4.05. The van der Waals surface area contributed by atoms with E-state index in [9.17, 15) is 9.18 Å². The predicted molar refractivity (Wildman–Crippen MR) is 78.3 cm³/mol. The van der Waals surface area contributed by atoms with Crippen molar-refractivity contribution < 1.29 is 18.7 Å². The van der Waals surface area contributed by atoms with Crippen LogP contribution in [0.3, 0.4) is 0 Å². The normalized spacial score (nSPS) is 10.2. The second-order valence-electron chi connectivity index (χ2n) is 4.75. The van der Waals surface area contributed by atoms with E-state index in [1.165, 1.54) is 6.07 Å². The number of carbonyl (C=O) groups is 1. The summed E-state index contributed by atoms with van der Waals surface area (Å²) in [5, 5.41) is 0. The van der Waals surface area contributed by atoms with E-state index >= 15 is 0 Å². The van der Waals surface area contributed by atoms with Crippen LogP contribution in [-0.2, 0) is 11.2 Å². The monoisotopic (exact) mass is 288 g/mol. The molecular weight excluding hydrogens is 271 g/mol. The molecule has 0 spiro atoms. The number of ether oxygens (including phenoxy) is 2. The number of Topliss-reactive ketones (excluding diaryl/α,β-unsaturated/α-hetero) is 1. The number of hydrogen-bond donors (Lipinski definition) is 0. The van der Waals surface area contributed by atoms with Crippen LogP contribution in [0.25, 0.3) is 0 Å². The first-order valence-corrected chi connectivity index (χ1v) is 6.62. The van der Waals surface area contributed by atoms with Gasteiger partial charge in [0.05, 0.1) is 7.11 Å². The van der Waals surface area contributed by atoms with Crippen molar-refractivity contribution in [2.75, 3.05) is 13.7 Å². The number of methoxy groups -OCH3 is 1. The standard InChI is InChI=1S/C17H17FO3/c1-12-7-8-16(17(9-12)20-2)21-11-14(19)10-13-5-3-4-6-15(13)18/h3-9H,10-11H2,1-2H3. The molecule has 3 nitrogen and oxygen atoms in total. The molecule has 0 aromatic heterocycles. The Balaban J connectivity index is 1.97. The molecule has 0 radical (unpaired) electrons. The lowest BCUT2D eigenvalue weighted by Crippen LogP contribution is -2.15. The third-order valence-electron chi connectivity index (χ3n) is 3.05. The lowest BCUT2D eigenvalue weighted by molar-refractivity contribution is -0.120. The van der Waals surface area contributed by atoms with Crippen molar-refractivity contribution in [1.29, 1.82) is 0 Å². The third-order valence-corrected chi connectivity index (χ3v) is 3.05. The summed E-state index contributed by atoms with van der Waals surface area (Å²) in [6.45, 7) is 1.82. The van der Waals surface area contributed by atoms with Gasteiger partial charge >= 0.3 is 0 Å². The highest BCUT2D eigenvalue weighted by Crippen LogP contribution is 2.27. The van der Waals surface area contributed by atoms with E-state index in [2.05, 4.69) is 0 Å². The van der Waals surface area contributed by atoms with E-state index in [0.29, 0.717) is 17.1 Å². The Morgan fingerprint density at radius 2 is 1.90 bits per heavy atom. The lowest BCUT2D eigenvalue weighted by atomic mass is 10.1. The molecule has 0 unspecified atom stereocenters. The fourth-order valence-electron chi connectivity index (χ4n) is 1.96. The number of rotatable bonds is 6. The van der Waals surface area contributed by atoms with Gasteiger partial charge in [-0.2, -0.15) is 0 Å². The minimum absolute atomic E-state index is 0.0147. The molecule has 2 aromatic rings. The first-order chi connectivity index (χ1) is 10.1. The van der Waals surface area contributed by atoms with Gasteiger partial charge in [0, 0.05) is 6.42 Å². The minimum atomic E-state index is -0.376. The first-order valence-electron chi connectivity index (χ1n) is 6.62. The van der Waals surface area contributed by atoms with Crippen molar-refractivity contribution in [2.24, 2.45) is 0 Å². The molecule has 0 heterocycles. The van der Waals surface area contributed by atoms with Crippen molar-refractivity contribution in [3.05, 3.63) is 59.4 Å². The number of ketones is 1. The van der Waals surface area contributed by atoms with E-state index in [-0.39, 0.29) is 24.6 Å². The average molecular weight is 288 g/mol. The SMILES string of the molecule is COc1cc(C)ccc1OCC(=O)Cc1ccccc1F. The number of carbonyl (C=O) groups excluding carboxylic acids is 1. The molecule has 110 valence electrons. The Kier molecular flexibility index (Phi) is 4.93. The van der Waals surface area contributed by atoms with Crippen LogP contribution in [-0.4, -0.2) is 19.5 Å². The van der Waals surface area contributed by atoms with Crippen molar-refractivity contribution in [3.8, 4) is 11.5 Å². The summed E-state index contributed by atoms with van der Waals surface area (Å²) in [5.74, 6) is 0.514. The molecule has 2 rings (SSSR count). The van der Waals surface area contributed by atoms with Gasteiger partial charge < -0.3 is 9.47 Å². The van der Waals surface area contributed by atoms with E-state index < -0.39 is 0 Å². The molecule has 0 bridgehead atoms. The Hall–Kier alpha value is -2.36. The van der Waals surface area contributed by atoms with E-state index in [0.717, 1.165) is 5.56 Å². The molecule has 0 aliphatic carbocycles. The second-order valence-corrected chi connectivity index (χ2v) is 4.75. The van der Waals surface area contributed by atoms with E-state index in [1.807, 2.05) is 19.1 Å². The van der Waals surface area contributed by atoms with Crippen LogP contribution >= 0.6 is 0 Å². The van der Waals surface area contributed by atoms with E-state index in [1.54, 1.807) is 31.4 Å². The van der Waals surface area contributed by atoms with Crippen LogP contribution < -0.4 is 9.47 Å². The lowest BCUT2D eigenvalue weighted by Gasteiger charge is -2.11. The van der Waals surface area contributed by atoms with Crippen molar-refractivity contribution >= 4 is 5.78 Å². The van der Waals surface area contributed by atoms with Crippen LogP contribution in [0.2, 0.25) is 0 Å². The second kappa shape index (κ2) is 6.88. The highest BCUT2D eigenvalue weighted by molar-refractivity contribution is 5.82. The fourth-order valence-corrected chi connectivity index (χ4v) is 1.96. The maximum absolute atomic E-state index is 13.5. The van der Waals surface area contributed by atoms with Gasteiger partial charge in [0.25, 0.3) is 0 Å². The largest absolute Gasteiger partial charge is 0.493 e. The average Bonchev–Trinajstić information content (AvgIpc) is 2.48. The predicted octanol–water partition coefficient (Wildman–Crippen LogP) is 3.33. The number of benzene rings is 2. The van der Waals surface area contributed by atoms with Crippen molar-refractivity contribution in [3.63, 3.8) is 0 Å². The molecule has 0 aliphatic rings. The molecule has 0 saturated carbocycles. The maximum Gasteiger partial charge on any atom is 0.174 e. The summed E-state index contributed by atoms with van der Waals surface area (Å²) in [4.78, 5) is 11.9. The van der Waals surface area contributed by atoms with Crippen LogP contribution in [0.4, 0.5) is 4.39 Å². The number of hydrogen-bond acceptors (Lipinski definition) is 3. The molecule has 0 aliphatic heterocycles. The highest BCUT2D eigenvalue weighted by Gasteiger charge is 2.10. The summed E-state index contributed by atoms with van der Waals surface area (Å²) in [5.41, 5.74) is 1.42. The topological polar surface area (TPSA) is 35.5 Å². The molecule has 0 fully saturated rings. The molecule has 21 heavy (non-hydrogen) atoms. The summed E-state index contributed by atoms with van der Waals surface area (Å²) in [6, 6.07) is 11.7. The summed E-state index contributed by atoms with van der Waals surface area (Å²) >= 11 is 0. The van der Waals surface area contributed by atoms with Gasteiger partial charge in [0.15, 0.2) is 17.3 Å². The quantitative estimate of drug-likeness (QED) is 0.818. The zero-order chi connectivity index (χ0) is 15.2. The summed E-state index contributed by atoms with van der Waals surface area (Å²) in [7, 11) is 1.54. The highest BCUT2D eigenvalue weighted by atomic mass is 19.1. The Morgan fingerprint density at radius 3 is 2.62 bits per heavy atom. The molecule has 4 heteroatoms. The van der Waals surface area contributed by atoms with Gasteiger partial charge in [0.1, 0.15) is 12.4 Å². The van der Waals surface area contributed by atoms with Crippen molar-refractivity contribution in [1.82, 2.24) is 0 Å². The van der Waals surface area contributed by atoms with Crippen LogP contribution in [0.1, 0.15) is 11.1 Å². The van der Waals surface area contributed by atoms with Gasteiger partial charge in [-0.25, -0.2) is 4.39 Å². The van der Waals surface area contributed by atoms with Crippen molar-refractivity contribution in [2.45, 2.75) is 13.3 Å². The molecule has 0 amide bonds. The van der Waals surface area contributed by atoms with E-state index in [4.69, 9.17) is 9.47 Å². The molecular formula is C17H17FO3. The van der Waals surface area contributed by atoms with Gasteiger partial charge in [-0.1, -0.05) is 24.3 Å². The Labute approximate surface area is 123 Å². The van der Waals surface area contributed by atoms with Gasteiger partial charge in [-0.3, -0.25) is 4.79 Å². The van der Waals surface area contributed by atoms with Gasteiger partial charge in [-0.15, -0.1) is 0 Å². The molecule has 2 aromatic carbocycles. The Bertz CT molecular complexity index is 638. The zero-order valence-corrected chi connectivity index (χ0v) is 12.1. The molecule has 0 saturated heterocycles. The first kappa shape index (κ1) is 15.0. The number of aryl methyl sites for hydroxylation is 1. The summed E-state index contributed by atoms with van der Waals surface area (Å²) in [6.07, 6.45) is 0.0147. The summed E-state index contributed by atoms with van der Waals surface area (Å²) < 4.78 is 24.1. The molecule has 0 atom stereocenters. The smallest absolute Gasteiger partial charge is 0.174 e. The van der Waals surface area contributed by atoms with Gasteiger partial charge in [-0.05, 0) is 36.2 Å². The zero-order valence-electron chi connectivity index (χ0n) is 12.1. The van der Waals surface area contributed by atoms with Crippen LogP contribution in [0.15, 0.2) is 42.5 Å². The van der Waals surface area contributed by atoms with Crippen LogP contribution in [0.5, 0.6) is 11.5 Å². The Morgan fingerprint density at radius 1 is 1.14 bits per heavy atom. The van der Waals surface area contributed by atoms with Crippen LogP contribution in [0, 0.1) is 12.7 Å². The molecule has 0 N–H and O–H groups in total. The minimum Gasteiger partial charge on any atom is -0.493 e. The maximum atomic E-state index is 13.5. The fraction of sp³-hybridized carbons (Fsp3) is 0.235.